The number of ether oxygens (including phenoxy) is 1. The topological polar surface area (TPSA) is 52.3 Å². The van der Waals surface area contributed by atoms with Crippen LogP contribution in [0.1, 0.15) is 12.5 Å². The number of benzene rings is 1. The molecule has 16 heavy (non-hydrogen) atoms. The molecule has 2 N–H and O–H groups in total. The summed E-state index contributed by atoms with van der Waals surface area (Å²) in [4.78, 5) is 10.6. The van der Waals surface area contributed by atoms with Crippen LogP contribution < -0.4 is 10.5 Å². The van der Waals surface area contributed by atoms with E-state index in [1.165, 1.54) is 6.92 Å². The first-order valence-electron chi connectivity index (χ1n) is 4.44. The van der Waals surface area contributed by atoms with E-state index in [0.717, 1.165) is 24.3 Å². The summed E-state index contributed by atoms with van der Waals surface area (Å²) in [5, 5.41) is 0. The van der Waals surface area contributed by atoms with Crippen LogP contribution in [0.3, 0.4) is 0 Å². The van der Waals surface area contributed by atoms with E-state index in [2.05, 4.69) is 0 Å². The van der Waals surface area contributed by atoms with Crippen LogP contribution in [0.5, 0.6) is 5.75 Å². The number of primary amides is 1. The third-order valence-electron chi connectivity index (χ3n) is 1.90. The lowest BCUT2D eigenvalue weighted by Gasteiger charge is -2.12. The van der Waals surface area contributed by atoms with E-state index >= 15 is 0 Å². The molecule has 1 rings (SSSR count). The Morgan fingerprint density at radius 3 is 2.19 bits per heavy atom. The van der Waals surface area contributed by atoms with E-state index < -0.39 is 23.8 Å². The van der Waals surface area contributed by atoms with Crippen molar-refractivity contribution in [2.24, 2.45) is 5.73 Å². The van der Waals surface area contributed by atoms with Gasteiger partial charge in [0.1, 0.15) is 5.75 Å². The van der Waals surface area contributed by atoms with Crippen molar-refractivity contribution in [1.82, 2.24) is 0 Å². The minimum atomic E-state index is -4.38. The van der Waals surface area contributed by atoms with Gasteiger partial charge in [-0.3, -0.25) is 4.79 Å². The Hall–Kier alpha value is -1.72. The van der Waals surface area contributed by atoms with E-state index in [0.29, 0.717) is 0 Å². The molecular formula is C10H10F3NO2. The number of halogens is 3. The van der Waals surface area contributed by atoms with E-state index in [4.69, 9.17) is 10.5 Å². The fourth-order valence-electron chi connectivity index (χ4n) is 0.985. The first-order valence-corrected chi connectivity index (χ1v) is 4.44. The molecule has 0 bridgehead atoms. The number of carbonyl (C=O) groups excluding carboxylic acids is 1. The van der Waals surface area contributed by atoms with Gasteiger partial charge in [-0.25, -0.2) is 0 Å². The molecule has 0 aliphatic heterocycles. The molecule has 1 unspecified atom stereocenters. The summed E-state index contributed by atoms with van der Waals surface area (Å²) in [5.41, 5.74) is 4.17. The van der Waals surface area contributed by atoms with E-state index in [1.54, 1.807) is 0 Å². The average Bonchev–Trinajstić information content (AvgIpc) is 2.17. The Labute approximate surface area is 90.0 Å². The number of nitrogens with two attached hydrogens (primary N) is 1. The van der Waals surface area contributed by atoms with Gasteiger partial charge >= 0.3 is 6.18 Å². The highest BCUT2D eigenvalue weighted by Crippen LogP contribution is 2.30. The molecule has 0 aliphatic carbocycles. The van der Waals surface area contributed by atoms with Gasteiger partial charge in [0.2, 0.25) is 0 Å². The summed E-state index contributed by atoms with van der Waals surface area (Å²) in [6.07, 6.45) is -5.26. The van der Waals surface area contributed by atoms with Crippen LogP contribution in [0.2, 0.25) is 0 Å². The second-order valence-corrected chi connectivity index (χ2v) is 3.18. The second kappa shape index (κ2) is 4.42. The number of hydrogen-bond acceptors (Lipinski definition) is 2. The zero-order chi connectivity index (χ0) is 12.3. The van der Waals surface area contributed by atoms with Gasteiger partial charge < -0.3 is 10.5 Å². The van der Waals surface area contributed by atoms with Crippen molar-refractivity contribution in [3.8, 4) is 5.75 Å². The largest absolute Gasteiger partial charge is 0.481 e. The number of alkyl halides is 3. The van der Waals surface area contributed by atoms with Gasteiger partial charge in [0.05, 0.1) is 5.56 Å². The second-order valence-electron chi connectivity index (χ2n) is 3.18. The Kier molecular flexibility index (Phi) is 3.41. The first kappa shape index (κ1) is 12.4. The van der Waals surface area contributed by atoms with Crippen molar-refractivity contribution < 1.29 is 22.7 Å². The molecule has 0 saturated heterocycles. The van der Waals surface area contributed by atoms with Crippen molar-refractivity contribution in [2.45, 2.75) is 19.2 Å². The molecule has 0 heterocycles. The molecule has 1 aromatic rings. The SMILES string of the molecule is CC(Oc1ccc(C(F)(F)F)cc1)C(N)=O. The lowest BCUT2D eigenvalue weighted by molar-refractivity contribution is -0.137. The molecule has 88 valence electrons. The molecule has 0 aliphatic rings. The van der Waals surface area contributed by atoms with Crippen LogP contribution in [0.4, 0.5) is 13.2 Å². The quantitative estimate of drug-likeness (QED) is 0.867. The highest BCUT2D eigenvalue weighted by molar-refractivity contribution is 5.78. The Morgan fingerprint density at radius 1 is 1.31 bits per heavy atom. The molecule has 0 fully saturated rings. The molecule has 1 atom stereocenters. The summed E-state index contributed by atoms with van der Waals surface area (Å²) < 4.78 is 41.6. The number of hydrogen-bond donors (Lipinski definition) is 1. The predicted octanol–water partition coefficient (Wildman–Crippen LogP) is 1.96. The minimum Gasteiger partial charge on any atom is -0.481 e. The van der Waals surface area contributed by atoms with Crippen LogP contribution in [0, 0.1) is 0 Å². The molecule has 1 aromatic carbocycles. The van der Waals surface area contributed by atoms with Gasteiger partial charge in [0.25, 0.3) is 5.91 Å². The van der Waals surface area contributed by atoms with Gasteiger partial charge in [-0.1, -0.05) is 0 Å². The Balaban J connectivity index is 2.76. The summed E-state index contributed by atoms with van der Waals surface area (Å²) in [7, 11) is 0. The zero-order valence-corrected chi connectivity index (χ0v) is 8.41. The number of rotatable bonds is 3. The predicted molar refractivity (Wildman–Crippen MR) is 50.7 cm³/mol. The average molecular weight is 233 g/mol. The van der Waals surface area contributed by atoms with Crippen molar-refractivity contribution in [3.05, 3.63) is 29.8 Å². The maximum atomic E-state index is 12.2. The Bertz CT molecular complexity index is 373. The van der Waals surface area contributed by atoms with Crippen molar-refractivity contribution in [1.29, 1.82) is 0 Å². The van der Waals surface area contributed by atoms with Crippen LogP contribution in [0.15, 0.2) is 24.3 Å². The normalized spacial score (nSPS) is 13.2. The van der Waals surface area contributed by atoms with E-state index in [9.17, 15) is 18.0 Å². The lowest BCUT2D eigenvalue weighted by atomic mass is 10.2. The highest BCUT2D eigenvalue weighted by Gasteiger charge is 2.30. The van der Waals surface area contributed by atoms with Gasteiger partial charge in [-0.05, 0) is 31.2 Å². The minimum absolute atomic E-state index is 0.166. The molecule has 0 spiro atoms. The fraction of sp³-hybridized carbons (Fsp3) is 0.300. The van der Waals surface area contributed by atoms with Gasteiger partial charge in [0.15, 0.2) is 6.10 Å². The summed E-state index contributed by atoms with van der Waals surface area (Å²) in [6, 6.07) is 4.04. The molecule has 0 aromatic heterocycles. The maximum Gasteiger partial charge on any atom is 0.416 e. The van der Waals surface area contributed by atoms with Crippen molar-refractivity contribution in [3.63, 3.8) is 0 Å². The smallest absolute Gasteiger partial charge is 0.416 e. The standard InChI is InChI=1S/C10H10F3NO2/c1-6(9(14)15)16-8-4-2-7(3-5-8)10(11,12)13/h2-6H,1H3,(H2,14,15). The van der Waals surface area contributed by atoms with Gasteiger partial charge in [-0.2, -0.15) is 13.2 Å². The summed E-state index contributed by atoms with van der Waals surface area (Å²) in [6.45, 7) is 1.42. The summed E-state index contributed by atoms with van der Waals surface area (Å²) in [5.74, 6) is -0.515. The molecule has 6 heteroatoms. The van der Waals surface area contributed by atoms with Crippen molar-refractivity contribution >= 4 is 5.91 Å². The third-order valence-corrected chi connectivity index (χ3v) is 1.90. The highest BCUT2D eigenvalue weighted by atomic mass is 19.4. The number of carbonyl (C=O) groups is 1. The fourth-order valence-corrected chi connectivity index (χ4v) is 0.985. The first-order chi connectivity index (χ1) is 7.30. The van der Waals surface area contributed by atoms with Crippen LogP contribution in [0.25, 0.3) is 0 Å². The molecule has 0 saturated carbocycles. The lowest BCUT2D eigenvalue weighted by Crippen LogP contribution is -2.30. The van der Waals surface area contributed by atoms with Gasteiger partial charge in [0, 0.05) is 0 Å². The third kappa shape index (κ3) is 3.15. The van der Waals surface area contributed by atoms with Crippen LogP contribution in [-0.4, -0.2) is 12.0 Å². The Morgan fingerprint density at radius 2 is 1.81 bits per heavy atom. The van der Waals surface area contributed by atoms with Crippen LogP contribution >= 0.6 is 0 Å². The van der Waals surface area contributed by atoms with E-state index in [1.807, 2.05) is 0 Å². The monoisotopic (exact) mass is 233 g/mol. The molecule has 0 radical (unpaired) electrons. The maximum absolute atomic E-state index is 12.2. The number of amides is 1. The molecule has 3 nitrogen and oxygen atoms in total. The van der Waals surface area contributed by atoms with Crippen molar-refractivity contribution in [2.75, 3.05) is 0 Å². The summed E-state index contributed by atoms with van der Waals surface area (Å²) >= 11 is 0. The van der Waals surface area contributed by atoms with E-state index in [-0.39, 0.29) is 5.75 Å². The van der Waals surface area contributed by atoms with Gasteiger partial charge in [-0.15, -0.1) is 0 Å². The molecule has 1 amide bonds. The molecular weight excluding hydrogens is 223 g/mol. The van der Waals surface area contributed by atoms with Crippen LogP contribution in [-0.2, 0) is 11.0 Å². The zero-order valence-electron chi connectivity index (χ0n) is 8.41.